The van der Waals surface area contributed by atoms with Gasteiger partial charge in [-0.25, -0.2) is 0 Å². The number of phenolic OH excluding ortho intramolecular Hbond substituents is 2. The third-order valence-electron chi connectivity index (χ3n) is 5.98. The Kier molecular flexibility index (Phi) is 8.08. The quantitative estimate of drug-likeness (QED) is 0.167. The zero-order valence-corrected chi connectivity index (χ0v) is 22.4. The first-order valence-electron chi connectivity index (χ1n) is 11.4. The number of phenols is 2. The molecule has 0 spiro atoms. The monoisotopic (exact) mass is 550 g/mol. The topological polar surface area (TPSA) is 173 Å². The lowest BCUT2D eigenvalue weighted by Crippen LogP contribution is -2.13. The first kappa shape index (κ1) is 28.3. The van der Waals surface area contributed by atoms with Crippen LogP contribution in [0.15, 0.2) is 52.3 Å². The Morgan fingerprint density at radius 1 is 0.703 bits per heavy atom. The molecular formula is C25H30N2O8S2. The van der Waals surface area contributed by atoms with Gasteiger partial charge >= 0.3 is 0 Å². The molecule has 0 saturated carbocycles. The Morgan fingerprint density at radius 2 is 1.16 bits per heavy atom. The minimum absolute atomic E-state index is 0.119. The summed E-state index contributed by atoms with van der Waals surface area (Å²) in [5, 5.41) is 28.3. The van der Waals surface area contributed by atoms with E-state index in [-0.39, 0.29) is 28.2 Å². The summed E-state index contributed by atoms with van der Waals surface area (Å²) in [6.07, 6.45) is 0. The van der Waals surface area contributed by atoms with Crippen LogP contribution in [0, 0.1) is 13.8 Å². The van der Waals surface area contributed by atoms with Crippen molar-refractivity contribution in [3.8, 4) is 11.5 Å². The Bertz CT molecular complexity index is 1490. The lowest BCUT2D eigenvalue weighted by atomic mass is 9.82. The highest BCUT2D eigenvalue weighted by molar-refractivity contribution is 7.86. The van der Waals surface area contributed by atoms with E-state index < -0.39 is 35.9 Å². The summed E-state index contributed by atoms with van der Waals surface area (Å²) in [4.78, 5) is -1.54. The van der Waals surface area contributed by atoms with Crippen molar-refractivity contribution in [2.45, 2.75) is 43.4 Å². The molecule has 0 amide bonds. The molecule has 12 heteroatoms. The molecule has 0 aliphatic carbocycles. The van der Waals surface area contributed by atoms with E-state index in [9.17, 15) is 36.2 Å². The molecule has 0 aromatic heterocycles. The Morgan fingerprint density at radius 3 is 1.54 bits per heavy atom. The van der Waals surface area contributed by atoms with E-state index in [1.54, 1.807) is 26.0 Å². The smallest absolute Gasteiger partial charge is 0.294 e. The predicted molar refractivity (Wildman–Crippen MR) is 141 cm³/mol. The molecule has 0 aliphatic heterocycles. The Labute approximate surface area is 216 Å². The van der Waals surface area contributed by atoms with Gasteiger partial charge < -0.3 is 20.8 Å². The van der Waals surface area contributed by atoms with Crippen molar-refractivity contribution in [1.82, 2.24) is 0 Å². The molecule has 0 atom stereocenters. The van der Waals surface area contributed by atoms with E-state index in [4.69, 9.17) is 0 Å². The summed E-state index contributed by atoms with van der Waals surface area (Å²) in [6.45, 7) is 8.49. The standard InChI is InChI=1S/C25H30N2O8S2/c1-5-26-20-12-22(28)18(9-14(20)3)25(19-10-15(4)21(27-6-2)13-23(19)29)17-8-7-16(36(30,31)32)11-24(17)37(33,34)35/h7-13,25-29H,5-6H2,1-4H3,(H,30,31,32)(H,33,34,35). The van der Waals surface area contributed by atoms with Crippen LogP contribution >= 0.6 is 0 Å². The second kappa shape index (κ2) is 10.6. The number of nitrogens with one attached hydrogen (secondary N) is 2. The minimum atomic E-state index is -5.02. The van der Waals surface area contributed by atoms with Crippen molar-refractivity contribution in [1.29, 1.82) is 0 Å². The van der Waals surface area contributed by atoms with E-state index in [2.05, 4.69) is 10.6 Å². The number of hydrogen-bond donors (Lipinski definition) is 6. The zero-order valence-electron chi connectivity index (χ0n) is 20.8. The van der Waals surface area contributed by atoms with Crippen LogP contribution in [0.25, 0.3) is 0 Å². The van der Waals surface area contributed by atoms with E-state index in [1.165, 1.54) is 12.1 Å². The van der Waals surface area contributed by atoms with Gasteiger partial charge in [0.15, 0.2) is 0 Å². The van der Waals surface area contributed by atoms with Crippen LogP contribution in [0.2, 0.25) is 0 Å². The van der Waals surface area contributed by atoms with Crippen LogP contribution in [0.4, 0.5) is 11.4 Å². The van der Waals surface area contributed by atoms with E-state index in [1.807, 2.05) is 13.8 Å². The van der Waals surface area contributed by atoms with Crippen LogP contribution in [0.1, 0.15) is 47.6 Å². The van der Waals surface area contributed by atoms with Gasteiger partial charge in [0, 0.05) is 53.6 Å². The molecule has 3 rings (SSSR count). The number of anilines is 2. The van der Waals surface area contributed by atoms with Crippen molar-refractivity contribution in [3.05, 3.63) is 70.3 Å². The molecule has 0 unspecified atom stereocenters. The van der Waals surface area contributed by atoms with Gasteiger partial charge in [0.2, 0.25) is 0 Å². The predicted octanol–water partition coefficient (Wildman–Crippen LogP) is 4.25. The number of hydrogen-bond acceptors (Lipinski definition) is 8. The fourth-order valence-corrected chi connectivity index (χ4v) is 5.64. The second-order valence-electron chi connectivity index (χ2n) is 8.60. The van der Waals surface area contributed by atoms with Gasteiger partial charge in [-0.15, -0.1) is 0 Å². The van der Waals surface area contributed by atoms with Crippen molar-refractivity contribution in [3.63, 3.8) is 0 Å². The molecule has 0 bridgehead atoms. The molecule has 0 radical (unpaired) electrons. The summed E-state index contributed by atoms with van der Waals surface area (Å²) in [5.74, 6) is -1.60. The molecule has 3 aromatic rings. The van der Waals surface area contributed by atoms with Gasteiger partial charge in [0.1, 0.15) is 11.5 Å². The molecule has 200 valence electrons. The molecule has 0 aliphatic rings. The van der Waals surface area contributed by atoms with Gasteiger partial charge in [-0.3, -0.25) is 9.11 Å². The first-order chi connectivity index (χ1) is 17.2. The maximum Gasteiger partial charge on any atom is 0.294 e. The van der Waals surface area contributed by atoms with Crippen molar-refractivity contribution >= 4 is 31.6 Å². The molecule has 10 nitrogen and oxygen atoms in total. The molecule has 0 heterocycles. The van der Waals surface area contributed by atoms with Crippen LogP contribution in [0.3, 0.4) is 0 Å². The van der Waals surface area contributed by atoms with Crippen LogP contribution < -0.4 is 10.6 Å². The summed E-state index contributed by atoms with van der Waals surface area (Å²) in [6, 6.07) is 8.93. The molecular weight excluding hydrogens is 520 g/mol. The Hall–Kier alpha value is -3.32. The van der Waals surface area contributed by atoms with Crippen LogP contribution in [-0.4, -0.2) is 49.2 Å². The highest BCUT2D eigenvalue weighted by atomic mass is 32.2. The van der Waals surface area contributed by atoms with E-state index >= 15 is 0 Å². The zero-order chi connectivity index (χ0) is 27.7. The Balaban J connectivity index is 2.45. The lowest BCUT2D eigenvalue weighted by Gasteiger charge is -2.25. The normalized spacial score (nSPS) is 12.1. The largest absolute Gasteiger partial charge is 0.508 e. The summed E-state index contributed by atoms with van der Waals surface area (Å²) < 4.78 is 67.8. The van der Waals surface area contributed by atoms with Crippen molar-refractivity contribution in [2.24, 2.45) is 0 Å². The van der Waals surface area contributed by atoms with Gasteiger partial charge in [-0.05, 0) is 68.7 Å². The number of benzene rings is 3. The third-order valence-corrected chi connectivity index (χ3v) is 7.73. The van der Waals surface area contributed by atoms with E-state index in [0.29, 0.717) is 41.7 Å². The van der Waals surface area contributed by atoms with Gasteiger partial charge in [-0.2, -0.15) is 16.8 Å². The molecule has 0 saturated heterocycles. The van der Waals surface area contributed by atoms with Crippen LogP contribution in [-0.2, 0) is 20.2 Å². The summed E-state index contributed by atoms with van der Waals surface area (Å²) in [5.41, 5.74) is 2.99. The average Bonchev–Trinajstić information content (AvgIpc) is 2.79. The first-order valence-corrected chi connectivity index (χ1v) is 14.3. The summed E-state index contributed by atoms with van der Waals surface area (Å²) >= 11 is 0. The fourth-order valence-electron chi connectivity index (χ4n) is 4.30. The number of rotatable bonds is 9. The van der Waals surface area contributed by atoms with Gasteiger partial charge in [0.25, 0.3) is 20.2 Å². The number of aryl methyl sites for hydroxylation is 2. The van der Waals surface area contributed by atoms with Crippen LogP contribution in [0.5, 0.6) is 11.5 Å². The SMILES string of the molecule is CCNc1cc(O)c(C(c2cc(C)c(NCC)cc2O)c2ccc(S(=O)(=O)O)cc2S(=O)(=O)O)cc1C. The van der Waals surface area contributed by atoms with Gasteiger partial charge in [0.05, 0.1) is 9.79 Å². The van der Waals surface area contributed by atoms with Crippen molar-refractivity contribution < 1.29 is 36.2 Å². The second-order valence-corrected chi connectivity index (χ2v) is 11.4. The third kappa shape index (κ3) is 5.99. The maximum absolute atomic E-state index is 12.4. The maximum atomic E-state index is 12.4. The minimum Gasteiger partial charge on any atom is -0.508 e. The highest BCUT2D eigenvalue weighted by Gasteiger charge is 2.31. The van der Waals surface area contributed by atoms with E-state index in [0.717, 1.165) is 12.1 Å². The summed E-state index contributed by atoms with van der Waals surface area (Å²) in [7, 11) is -9.82. The van der Waals surface area contributed by atoms with Crippen molar-refractivity contribution in [2.75, 3.05) is 23.7 Å². The molecule has 3 aromatic carbocycles. The van der Waals surface area contributed by atoms with Gasteiger partial charge in [-0.1, -0.05) is 6.07 Å². The fraction of sp³-hybridized carbons (Fsp3) is 0.280. The molecule has 0 fully saturated rings. The lowest BCUT2D eigenvalue weighted by molar-refractivity contribution is 0.456. The molecule has 37 heavy (non-hydrogen) atoms. The molecule has 6 N–H and O–H groups in total. The average molecular weight is 551 g/mol. The highest BCUT2D eigenvalue weighted by Crippen LogP contribution is 2.45. The number of aromatic hydroxyl groups is 2.